The van der Waals surface area contributed by atoms with E-state index in [1.54, 1.807) is 6.20 Å². The largest absolute Gasteiger partial charge is 0.353 e. The molecule has 0 saturated heterocycles. The van der Waals surface area contributed by atoms with Gasteiger partial charge in [-0.15, -0.1) is 10.2 Å². The summed E-state index contributed by atoms with van der Waals surface area (Å²) in [5.74, 6) is -0.337. The Kier molecular flexibility index (Phi) is 1.91. The van der Waals surface area contributed by atoms with E-state index in [9.17, 15) is 4.79 Å². The lowest BCUT2D eigenvalue weighted by atomic mass is 10.1. The second-order valence-electron chi connectivity index (χ2n) is 4.35. The zero-order valence-corrected chi connectivity index (χ0v) is 9.79. The highest BCUT2D eigenvalue weighted by Gasteiger charge is 2.13. The van der Waals surface area contributed by atoms with E-state index in [2.05, 4.69) is 20.2 Å². The maximum atomic E-state index is 11.1. The van der Waals surface area contributed by atoms with Crippen LogP contribution in [0.3, 0.4) is 0 Å². The number of benzene rings is 1. The Morgan fingerprint density at radius 3 is 2.74 bits per heavy atom. The van der Waals surface area contributed by atoms with Gasteiger partial charge in [0.2, 0.25) is 0 Å². The van der Waals surface area contributed by atoms with E-state index >= 15 is 0 Å². The van der Waals surface area contributed by atoms with Crippen LogP contribution in [-0.2, 0) is 4.79 Å². The Hall–Kier alpha value is -2.82. The fourth-order valence-electron chi connectivity index (χ4n) is 2.29. The van der Waals surface area contributed by atoms with Crippen LogP contribution in [0.2, 0.25) is 0 Å². The Bertz CT molecular complexity index is 889. The molecule has 0 bridgehead atoms. The number of carbonyl (C=O) groups excluding carboxylic acids is 1. The Morgan fingerprint density at radius 1 is 1.00 bits per heavy atom. The van der Waals surface area contributed by atoms with Crippen LogP contribution in [0.1, 0.15) is 5.69 Å². The molecular weight excluding hydrogens is 240 g/mol. The first-order valence-corrected chi connectivity index (χ1v) is 5.85. The van der Waals surface area contributed by atoms with Crippen molar-refractivity contribution in [3.8, 4) is 0 Å². The van der Waals surface area contributed by atoms with Gasteiger partial charge in [-0.05, 0) is 12.1 Å². The van der Waals surface area contributed by atoms with Crippen molar-refractivity contribution in [2.45, 2.75) is 0 Å². The molecule has 0 fully saturated rings. The van der Waals surface area contributed by atoms with Gasteiger partial charge in [0.1, 0.15) is 5.70 Å². The molecule has 5 heteroatoms. The molecule has 1 N–H and O–H groups in total. The van der Waals surface area contributed by atoms with Gasteiger partial charge < -0.3 is 4.98 Å². The molecule has 0 saturated carbocycles. The Labute approximate surface area is 107 Å². The van der Waals surface area contributed by atoms with E-state index in [-0.39, 0.29) is 5.91 Å². The normalized spacial score (nSPS) is 14.5. The molecule has 0 atom stereocenters. The molecule has 5 nitrogen and oxygen atoms in total. The minimum absolute atomic E-state index is 0.337. The number of aromatic nitrogens is 2. The summed E-state index contributed by atoms with van der Waals surface area (Å²) in [6, 6.07) is 9.98. The van der Waals surface area contributed by atoms with E-state index in [1.807, 2.05) is 30.3 Å². The van der Waals surface area contributed by atoms with Gasteiger partial charge in [0.25, 0.3) is 5.91 Å². The summed E-state index contributed by atoms with van der Waals surface area (Å²) in [6.45, 7) is 0. The molecule has 4 rings (SSSR count). The number of fused-ring (bicyclic) bond motifs is 3. The topological polar surface area (TPSA) is 70.5 Å². The fourth-order valence-corrected chi connectivity index (χ4v) is 2.29. The lowest BCUT2D eigenvalue weighted by Gasteiger charge is -1.97. The highest BCUT2D eigenvalue weighted by Crippen LogP contribution is 2.28. The highest BCUT2D eigenvalue weighted by atomic mass is 16.1. The molecule has 3 aromatic rings. The van der Waals surface area contributed by atoms with Crippen LogP contribution in [0.4, 0.5) is 0 Å². The first-order valence-electron chi connectivity index (χ1n) is 5.85. The van der Waals surface area contributed by atoms with Gasteiger partial charge in [0.05, 0.1) is 17.4 Å². The smallest absolute Gasteiger partial charge is 0.290 e. The third kappa shape index (κ3) is 1.48. The molecule has 1 aliphatic rings. The van der Waals surface area contributed by atoms with Crippen LogP contribution in [0.15, 0.2) is 52.8 Å². The number of hydrogen-bond donors (Lipinski definition) is 1. The number of H-pyrrole nitrogens is 1. The number of pyridine rings is 1. The molecule has 90 valence electrons. The second kappa shape index (κ2) is 3.58. The van der Waals surface area contributed by atoms with Crippen molar-refractivity contribution in [2.75, 3.05) is 0 Å². The van der Waals surface area contributed by atoms with Gasteiger partial charge in [-0.2, -0.15) is 0 Å². The van der Waals surface area contributed by atoms with Crippen LogP contribution in [0, 0.1) is 0 Å². The first kappa shape index (κ1) is 10.1. The third-order valence-electron chi connectivity index (χ3n) is 3.17. The summed E-state index contributed by atoms with van der Waals surface area (Å²) < 4.78 is 0. The molecule has 0 unspecified atom stereocenters. The summed E-state index contributed by atoms with van der Waals surface area (Å²) in [5, 5.41) is 9.49. The van der Waals surface area contributed by atoms with Crippen LogP contribution in [-0.4, -0.2) is 15.9 Å². The zero-order chi connectivity index (χ0) is 12.8. The lowest BCUT2D eigenvalue weighted by molar-refractivity contribution is -0.113. The standard InChI is InChI=1S/C14H8N4O/c19-14-6-12(17-18-14)11-5-9-8-3-1-2-4-10(8)16-13(9)7-15-11/h1-7,16H. The maximum Gasteiger partial charge on any atom is 0.290 e. The predicted octanol–water partition coefficient (Wildman–Crippen LogP) is 3.05. The second-order valence-corrected chi connectivity index (χ2v) is 4.35. The van der Waals surface area contributed by atoms with Crippen molar-refractivity contribution < 1.29 is 4.79 Å². The number of azo groups is 1. The monoisotopic (exact) mass is 248 g/mol. The lowest BCUT2D eigenvalue weighted by Crippen LogP contribution is -1.86. The molecule has 1 aromatic carbocycles. The molecule has 2 aromatic heterocycles. The minimum Gasteiger partial charge on any atom is -0.353 e. The van der Waals surface area contributed by atoms with E-state index in [1.165, 1.54) is 6.08 Å². The summed E-state index contributed by atoms with van der Waals surface area (Å²) in [6.07, 6.45) is 3.15. The third-order valence-corrected chi connectivity index (χ3v) is 3.17. The quantitative estimate of drug-likeness (QED) is 0.718. The SMILES string of the molecule is O=C1C=C(c2cc3c(cn2)[nH]c2ccccc23)N=N1. The van der Waals surface area contributed by atoms with Crippen molar-refractivity contribution in [1.82, 2.24) is 9.97 Å². The van der Waals surface area contributed by atoms with Gasteiger partial charge in [-0.3, -0.25) is 9.78 Å². The summed E-state index contributed by atoms with van der Waals surface area (Å²) >= 11 is 0. The van der Waals surface area contributed by atoms with Crippen LogP contribution >= 0.6 is 0 Å². The number of hydrogen-bond acceptors (Lipinski definition) is 3. The first-order chi connectivity index (χ1) is 9.31. The molecule has 0 spiro atoms. The number of nitrogens with zero attached hydrogens (tertiary/aromatic N) is 3. The van der Waals surface area contributed by atoms with Crippen LogP contribution < -0.4 is 0 Å². The number of nitrogens with one attached hydrogen (secondary N) is 1. The Morgan fingerprint density at radius 2 is 1.89 bits per heavy atom. The van der Waals surface area contributed by atoms with Crippen molar-refractivity contribution in [1.29, 1.82) is 0 Å². The number of rotatable bonds is 1. The molecule has 3 heterocycles. The van der Waals surface area contributed by atoms with Crippen molar-refractivity contribution in [3.05, 3.63) is 48.3 Å². The average Bonchev–Trinajstić information content (AvgIpc) is 3.01. The highest BCUT2D eigenvalue weighted by molar-refractivity contribution is 6.08. The summed E-state index contributed by atoms with van der Waals surface area (Å²) in [7, 11) is 0. The van der Waals surface area contributed by atoms with Gasteiger partial charge in [-0.1, -0.05) is 18.2 Å². The number of carbonyl (C=O) groups is 1. The maximum absolute atomic E-state index is 11.1. The fraction of sp³-hybridized carbons (Fsp3) is 0. The molecule has 1 amide bonds. The van der Waals surface area contributed by atoms with Crippen LogP contribution in [0.5, 0.6) is 0 Å². The predicted molar refractivity (Wildman–Crippen MR) is 71.4 cm³/mol. The van der Waals surface area contributed by atoms with E-state index in [4.69, 9.17) is 0 Å². The minimum atomic E-state index is -0.337. The van der Waals surface area contributed by atoms with E-state index in [0.29, 0.717) is 11.4 Å². The Balaban J connectivity index is 2.00. The van der Waals surface area contributed by atoms with Gasteiger partial charge in [-0.25, -0.2) is 0 Å². The molecule has 0 aliphatic carbocycles. The van der Waals surface area contributed by atoms with Gasteiger partial charge in [0, 0.05) is 22.4 Å². The summed E-state index contributed by atoms with van der Waals surface area (Å²) in [4.78, 5) is 18.7. The molecule has 0 radical (unpaired) electrons. The number of para-hydroxylation sites is 1. The van der Waals surface area contributed by atoms with Crippen molar-refractivity contribution >= 4 is 33.4 Å². The number of amides is 1. The number of aromatic amines is 1. The van der Waals surface area contributed by atoms with Crippen molar-refractivity contribution in [2.24, 2.45) is 10.2 Å². The van der Waals surface area contributed by atoms with Gasteiger partial charge in [0.15, 0.2) is 0 Å². The van der Waals surface area contributed by atoms with E-state index < -0.39 is 0 Å². The molecular formula is C14H8N4O. The zero-order valence-electron chi connectivity index (χ0n) is 9.79. The molecule has 1 aliphatic heterocycles. The average molecular weight is 248 g/mol. The van der Waals surface area contributed by atoms with Crippen molar-refractivity contribution in [3.63, 3.8) is 0 Å². The van der Waals surface area contributed by atoms with Crippen LogP contribution in [0.25, 0.3) is 27.5 Å². The summed E-state index contributed by atoms with van der Waals surface area (Å²) in [5.41, 5.74) is 3.20. The van der Waals surface area contributed by atoms with E-state index in [0.717, 1.165) is 21.8 Å². The molecule has 19 heavy (non-hydrogen) atoms. The van der Waals surface area contributed by atoms with Gasteiger partial charge >= 0.3 is 0 Å².